The summed E-state index contributed by atoms with van der Waals surface area (Å²) in [5.41, 5.74) is -0.603. The Morgan fingerprint density at radius 1 is 1.30 bits per heavy atom. The molecule has 0 unspecified atom stereocenters. The maximum Gasteiger partial charge on any atom is 0.353 e. The summed E-state index contributed by atoms with van der Waals surface area (Å²) in [5, 5.41) is 0. The van der Waals surface area contributed by atoms with Crippen LogP contribution < -0.4 is 4.90 Å². The molecule has 4 rings (SSSR count). The monoisotopic (exact) mass is 410 g/mol. The Hall–Kier alpha value is -1.79. The number of halogens is 2. The van der Waals surface area contributed by atoms with Crippen LogP contribution >= 0.6 is 23.2 Å². The van der Waals surface area contributed by atoms with E-state index in [9.17, 15) is 14.4 Å². The Kier molecular flexibility index (Phi) is 4.20. The fourth-order valence-corrected chi connectivity index (χ4v) is 4.61. The van der Waals surface area contributed by atoms with Crippen molar-refractivity contribution >= 4 is 46.7 Å². The lowest BCUT2D eigenvalue weighted by Crippen LogP contribution is -2.70. The second kappa shape index (κ2) is 6.11. The summed E-state index contributed by atoms with van der Waals surface area (Å²) < 4.78 is 4.68. The van der Waals surface area contributed by atoms with E-state index in [1.54, 1.807) is 24.3 Å². The highest BCUT2D eigenvalue weighted by atomic mass is 35.5. The molecular weight excluding hydrogens is 391 g/mol. The second-order valence-corrected chi connectivity index (χ2v) is 9.13. The molecule has 0 bridgehead atoms. The van der Waals surface area contributed by atoms with Crippen molar-refractivity contribution in [2.24, 2.45) is 5.92 Å². The van der Waals surface area contributed by atoms with Gasteiger partial charge in [0.1, 0.15) is 4.33 Å². The summed E-state index contributed by atoms with van der Waals surface area (Å²) in [4.78, 5) is 42.1. The molecule has 0 N–H and O–H groups in total. The number of fused-ring (bicyclic) bond motifs is 3. The molecule has 2 atom stereocenters. The predicted octanol–water partition coefficient (Wildman–Crippen LogP) is 3.11. The molecule has 0 spiro atoms. The van der Waals surface area contributed by atoms with Crippen LogP contribution in [0.2, 0.25) is 0 Å². The highest BCUT2D eigenvalue weighted by Crippen LogP contribution is 2.53. The molecule has 3 aliphatic rings. The van der Waals surface area contributed by atoms with Gasteiger partial charge in [-0.3, -0.25) is 14.5 Å². The van der Waals surface area contributed by atoms with Gasteiger partial charge in [-0.2, -0.15) is 0 Å². The van der Waals surface area contributed by atoms with E-state index in [0.29, 0.717) is 17.7 Å². The van der Waals surface area contributed by atoms with Gasteiger partial charge in [-0.25, -0.2) is 4.79 Å². The Labute approximate surface area is 167 Å². The van der Waals surface area contributed by atoms with E-state index in [2.05, 4.69) is 0 Å². The fraction of sp³-hybridized carbons (Fsp3) is 0.526. The van der Waals surface area contributed by atoms with Gasteiger partial charge < -0.3 is 9.64 Å². The number of ether oxygens (including phenoxy) is 1. The van der Waals surface area contributed by atoms with Crippen LogP contribution in [0.15, 0.2) is 24.3 Å². The van der Waals surface area contributed by atoms with Crippen molar-refractivity contribution in [3.8, 4) is 0 Å². The number of carbonyl (C=O) groups is 3. The van der Waals surface area contributed by atoms with Gasteiger partial charge in [0.25, 0.3) is 5.91 Å². The number of anilines is 1. The number of alkyl halides is 2. The van der Waals surface area contributed by atoms with Crippen LogP contribution in [0.1, 0.15) is 43.5 Å². The second-order valence-electron chi connectivity index (χ2n) is 7.59. The molecule has 8 heteroatoms. The first-order valence-corrected chi connectivity index (χ1v) is 9.76. The third-order valence-corrected chi connectivity index (χ3v) is 6.44. The zero-order chi connectivity index (χ0) is 19.6. The molecule has 1 saturated heterocycles. The number of amides is 2. The van der Waals surface area contributed by atoms with Crippen molar-refractivity contribution in [1.82, 2.24) is 4.90 Å². The van der Waals surface area contributed by atoms with E-state index in [4.69, 9.17) is 27.9 Å². The first kappa shape index (κ1) is 18.6. The number of hydrogen-bond acceptors (Lipinski definition) is 4. The molecule has 1 aromatic rings. The predicted molar refractivity (Wildman–Crippen MR) is 101 cm³/mol. The van der Waals surface area contributed by atoms with Crippen LogP contribution in [0.3, 0.4) is 0 Å². The Balaban J connectivity index is 1.76. The van der Waals surface area contributed by atoms with Crippen molar-refractivity contribution in [2.75, 3.05) is 11.5 Å². The zero-order valence-corrected chi connectivity index (χ0v) is 16.6. The molecule has 27 heavy (non-hydrogen) atoms. The van der Waals surface area contributed by atoms with Crippen LogP contribution in [-0.4, -0.2) is 45.3 Å². The minimum atomic E-state index is -1.47. The van der Waals surface area contributed by atoms with Gasteiger partial charge in [0.2, 0.25) is 11.6 Å². The smallest absolute Gasteiger partial charge is 0.353 e. The number of esters is 1. The average molecular weight is 411 g/mol. The molecule has 2 aliphatic heterocycles. The molecule has 1 aliphatic carbocycles. The van der Waals surface area contributed by atoms with E-state index < -0.39 is 16.0 Å². The number of carbonyl (C=O) groups excluding carboxylic acids is 3. The number of benzene rings is 1. The van der Waals surface area contributed by atoms with Crippen LogP contribution in [0.25, 0.3) is 0 Å². The molecule has 2 fully saturated rings. The van der Waals surface area contributed by atoms with Gasteiger partial charge >= 0.3 is 5.97 Å². The highest BCUT2D eigenvalue weighted by Gasteiger charge is 2.63. The number of para-hydroxylation sites is 1. The molecule has 2 amide bonds. The van der Waals surface area contributed by atoms with Crippen molar-refractivity contribution in [3.05, 3.63) is 29.8 Å². The van der Waals surface area contributed by atoms with E-state index >= 15 is 0 Å². The molecule has 1 aromatic carbocycles. The molecule has 6 nitrogen and oxygen atoms in total. The topological polar surface area (TPSA) is 66.9 Å². The minimum absolute atomic E-state index is 0.0669. The van der Waals surface area contributed by atoms with E-state index in [-0.39, 0.29) is 43.2 Å². The van der Waals surface area contributed by atoms with Crippen LogP contribution in [0, 0.1) is 5.92 Å². The molecule has 0 radical (unpaired) electrons. The van der Waals surface area contributed by atoms with Crippen LogP contribution in [-0.2, 0) is 14.3 Å². The lowest BCUT2D eigenvalue weighted by Gasteiger charge is -2.50. The van der Waals surface area contributed by atoms with Crippen molar-refractivity contribution in [1.29, 1.82) is 0 Å². The van der Waals surface area contributed by atoms with Crippen molar-refractivity contribution in [3.63, 3.8) is 0 Å². The Bertz CT molecular complexity index is 841. The molecule has 2 heterocycles. The number of nitrogens with zero attached hydrogens (tertiary/aromatic N) is 2. The normalized spacial score (nSPS) is 28.3. The lowest BCUT2D eigenvalue weighted by molar-refractivity contribution is -0.158. The van der Waals surface area contributed by atoms with Crippen LogP contribution in [0.4, 0.5) is 5.69 Å². The molecule has 144 valence electrons. The lowest BCUT2D eigenvalue weighted by atomic mass is 9.95. The van der Waals surface area contributed by atoms with Gasteiger partial charge in [0.15, 0.2) is 0 Å². The number of hydrogen-bond donors (Lipinski definition) is 0. The summed E-state index contributed by atoms with van der Waals surface area (Å²) in [6.45, 7) is 3.72. The maximum absolute atomic E-state index is 13.3. The molecular formula is C19H20Cl2N2O4. The van der Waals surface area contributed by atoms with Gasteiger partial charge in [-0.1, -0.05) is 12.1 Å². The van der Waals surface area contributed by atoms with Crippen LogP contribution in [0.5, 0.6) is 0 Å². The van der Waals surface area contributed by atoms with Gasteiger partial charge in [0.05, 0.1) is 17.9 Å². The first-order chi connectivity index (χ1) is 12.7. The summed E-state index contributed by atoms with van der Waals surface area (Å²) in [6, 6.07) is 6.56. The van der Waals surface area contributed by atoms with Gasteiger partial charge in [-0.15, -0.1) is 23.2 Å². The summed E-state index contributed by atoms with van der Waals surface area (Å²) in [5.74, 6) is -1.22. The van der Waals surface area contributed by atoms with E-state index in [0.717, 1.165) is 0 Å². The zero-order valence-electron chi connectivity index (χ0n) is 15.1. The highest BCUT2D eigenvalue weighted by molar-refractivity contribution is 6.50. The van der Waals surface area contributed by atoms with Crippen molar-refractivity contribution < 1.29 is 19.1 Å². The van der Waals surface area contributed by atoms with Crippen molar-refractivity contribution in [2.45, 2.75) is 49.1 Å². The quantitative estimate of drug-likeness (QED) is 0.564. The molecule has 0 aromatic heterocycles. The molecule has 1 saturated carbocycles. The third kappa shape index (κ3) is 2.64. The average Bonchev–Trinajstić information content (AvgIpc) is 3.07. The summed E-state index contributed by atoms with van der Waals surface area (Å²) >= 11 is 12.0. The van der Waals surface area contributed by atoms with Gasteiger partial charge in [0, 0.05) is 24.8 Å². The fourth-order valence-electron chi connectivity index (χ4n) is 4.12. The standard InChI is InChI=1S/C19H20Cl2N2O4/c1-11(2)22-16(25)13-5-3-4-6-14(13)23-15(24)7-8-19(22,23)17(26)27-10-12-9-18(12,20)21/h3-6,11-12H,7-10H2,1-2H3/t12-,19+/m0/s1. The summed E-state index contributed by atoms with van der Waals surface area (Å²) in [6.07, 6.45) is 0.910. The Morgan fingerprint density at radius 2 is 1.96 bits per heavy atom. The summed E-state index contributed by atoms with van der Waals surface area (Å²) in [7, 11) is 0. The third-order valence-electron chi connectivity index (χ3n) is 5.51. The largest absolute Gasteiger partial charge is 0.462 e. The number of rotatable bonds is 4. The maximum atomic E-state index is 13.3. The Morgan fingerprint density at radius 3 is 2.59 bits per heavy atom. The minimum Gasteiger partial charge on any atom is -0.462 e. The van der Waals surface area contributed by atoms with Gasteiger partial charge in [-0.05, 0) is 32.4 Å². The SMILES string of the molecule is CC(C)N1C(=O)c2ccccc2N2C(=O)CC[C@]21C(=O)OC[C@@H]1CC1(Cl)Cl. The van der Waals surface area contributed by atoms with E-state index in [1.165, 1.54) is 9.80 Å². The van der Waals surface area contributed by atoms with E-state index in [1.807, 2.05) is 13.8 Å². The first-order valence-electron chi connectivity index (χ1n) is 9.01.